The molecule has 1 saturated heterocycles. The van der Waals surface area contributed by atoms with Gasteiger partial charge in [0, 0.05) is 39.1 Å². The van der Waals surface area contributed by atoms with Gasteiger partial charge in [-0.25, -0.2) is 0 Å². The highest BCUT2D eigenvalue weighted by Gasteiger charge is 2.31. The van der Waals surface area contributed by atoms with Crippen LogP contribution in [0.3, 0.4) is 0 Å². The van der Waals surface area contributed by atoms with Crippen LogP contribution in [0.15, 0.2) is 91.0 Å². The van der Waals surface area contributed by atoms with Gasteiger partial charge in [-0.3, -0.25) is 0 Å². The molecule has 1 fully saturated rings. The third kappa shape index (κ3) is 9.72. The molecule has 5 rings (SSSR count). The lowest BCUT2D eigenvalue weighted by molar-refractivity contribution is -0.268. The monoisotopic (exact) mass is 642 g/mol. The van der Waals surface area contributed by atoms with E-state index in [2.05, 4.69) is 31.8 Å². The molecule has 46 heavy (non-hydrogen) atoms. The van der Waals surface area contributed by atoms with Crippen LogP contribution < -0.4 is 19.3 Å². The number of nitrogens with zero attached hydrogens (tertiary/aromatic N) is 1. The van der Waals surface area contributed by atoms with Crippen LogP contribution in [-0.2, 0) is 16.1 Å². The normalized spacial score (nSPS) is 16.7. The minimum Gasteiger partial charge on any atom is -0.530 e. The van der Waals surface area contributed by atoms with Crippen molar-refractivity contribution in [3.63, 3.8) is 0 Å². The van der Waals surface area contributed by atoms with Crippen molar-refractivity contribution in [2.24, 2.45) is 0 Å². The summed E-state index contributed by atoms with van der Waals surface area (Å²) in [6, 6.07) is 30.9. The Morgan fingerprint density at radius 1 is 0.848 bits per heavy atom. The van der Waals surface area contributed by atoms with E-state index in [4.69, 9.17) is 23.7 Å². The SMILES string of the molecule is C[Si](C)(C)CCOCOc1cc(COC2CN(C(=O)[O-])CCC2c2ccc(OCCOc3ccccc3)cc2)cc2ccccc12. The van der Waals surface area contributed by atoms with E-state index in [1.165, 1.54) is 4.90 Å². The number of hydrogen-bond donors (Lipinski definition) is 0. The van der Waals surface area contributed by atoms with E-state index < -0.39 is 14.2 Å². The Morgan fingerprint density at radius 2 is 1.54 bits per heavy atom. The number of ether oxygens (including phenoxy) is 5. The quantitative estimate of drug-likeness (QED) is 0.0809. The summed E-state index contributed by atoms with van der Waals surface area (Å²) >= 11 is 0. The van der Waals surface area contributed by atoms with Gasteiger partial charge in [0.25, 0.3) is 0 Å². The molecule has 4 aromatic carbocycles. The average Bonchev–Trinajstić information content (AvgIpc) is 3.05. The Balaban J connectivity index is 1.22. The molecule has 2 unspecified atom stereocenters. The maximum absolute atomic E-state index is 11.8. The second kappa shape index (κ2) is 16.0. The Kier molecular flexibility index (Phi) is 11.6. The van der Waals surface area contributed by atoms with Crippen molar-refractivity contribution in [3.8, 4) is 17.2 Å². The first kappa shape index (κ1) is 33.3. The lowest BCUT2D eigenvalue weighted by atomic mass is 9.87. The second-order valence-corrected chi connectivity index (χ2v) is 18.5. The molecule has 0 bridgehead atoms. The summed E-state index contributed by atoms with van der Waals surface area (Å²) in [4.78, 5) is 13.1. The number of carbonyl (C=O) groups is 1. The number of carboxylic acid groups (broad SMARTS) is 1. The molecule has 0 saturated carbocycles. The standard InChI is InChI=1S/C37H45NO7Si/c1-46(2,3)22-21-41-27-45-35-24-28(23-30-9-7-8-12-33(30)35)26-44-36-25-38(37(39)40)18-17-34(36)29-13-15-32(16-14-29)43-20-19-42-31-10-5-4-6-11-31/h4-16,23-24,34,36H,17-22,25-27H2,1-3H3,(H,39,40)/p-1. The van der Waals surface area contributed by atoms with Gasteiger partial charge in [-0.15, -0.1) is 0 Å². The van der Waals surface area contributed by atoms with Crippen molar-refractivity contribution in [2.45, 2.75) is 50.7 Å². The maximum Gasteiger partial charge on any atom is 0.189 e. The van der Waals surface area contributed by atoms with Gasteiger partial charge in [0.2, 0.25) is 0 Å². The van der Waals surface area contributed by atoms with Crippen molar-refractivity contribution in [3.05, 3.63) is 102 Å². The summed E-state index contributed by atoms with van der Waals surface area (Å²) < 4.78 is 30.0. The van der Waals surface area contributed by atoms with Crippen LogP contribution in [-0.4, -0.2) is 64.9 Å². The number of fused-ring (bicyclic) bond motifs is 1. The maximum atomic E-state index is 11.8. The third-order valence-corrected chi connectivity index (χ3v) is 9.84. The van der Waals surface area contributed by atoms with E-state index in [-0.39, 0.29) is 25.4 Å². The summed E-state index contributed by atoms with van der Waals surface area (Å²) in [7, 11) is -1.18. The topological polar surface area (TPSA) is 89.5 Å². The second-order valence-electron chi connectivity index (χ2n) is 12.8. The predicted molar refractivity (Wildman–Crippen MR) is 180 cm³/mol. The van der Waals surface area contributed by atoms with Crippen LogP contribution in [0.2, 0.25) is 25.7 Å². The highest BCUT2D eigenvalue weighted by Crippen LogP contribution is 2.33. The zero-order chi connectivity index (χ0) is 32.4. The van der Waals surface area contributed by atoms with Crippen molar-refractivity contribution < 1.29 is 33.6 Å². The van der Waals surface area contributed by atoms with E-state index in [0.29, 0.717) is 39.4 Å². The number of hydrogen-bond acceptors (Lipinski definition) is 7. The smallest absolute Gasteiger partial charge is 0.189 e. The number of carbonyl (C=O) groups excluding carboxylic acids is 1. The molecular formula is C37H44NO7Si-. The Labute approximate surface area is 272 Å². The van der Waals surface area contributed by atoms with Gasteiger partial charge in [-0.1, -0.05) is 74.2 Å². The fourth-order valence-corrected chi connectivity index (χ4v) is 6.32. The average molecular weight is 643 g/mol. The first-order valence-corrected chi connectivity index (χ1v) is 19.7. The number of para-hydroxylation sites is 1. The van der Waals surface area contributed by atoms with Crippen molar-refractivity contribution >= 4 is 24.9 Å². The number of benzene rings is 4. The summed E-state index contributed by atoms with van der Waals surface area (Å²) in [5.41, 5.74) is 2.02. The Bertz CT molecular complexity index is 1540. The molecule has 0 radical (unpaired) electrons. The van der Waals surface area contributed by atoms with Gasteiger partial charge in [0.1, 0.15) is 36.6 Å². The molecule has 1 aliphatic heterocycles. The Hall–Kier alpha value is -4.05. The molecular weight excluding hydrogens is 598 g/mol. The minimum absolute atomic E-state index is 0.0157. The molecule has 1 heterocycles. The fourth-order valence-electron chi connectivity index (χ4n) is 5.56. The number of rotatable bonds is 15. The van der Waals surface area contributed by atoms with Crippen molar-refractivity contribution in [2.75, 3.05) is 39.7 Å². The van der Waals surface area contributed by atoms with Crippen molar-refractivity contribution in [1.29, 1.82) is 0 Å². The highest BCUT2D eigenvalue weighted by atomic mass is 28.3. The van der Waals surface area contributed by atoms with Gasteiger partial charge < -0.3 is 38.5 Å². The largest absolute Gasteiger partial charge is 0.530 e. The van der Waals surface area contributed by atoms with Crippen LogP contribution in [0.4, 0.5) is 4.79 Å². The number of amides is 1. The van der Waals surface area contributed by atoms with E-state index in [9.17, 15) is 9.90 Å². The molecule has 244 valence electrons. The predicted octanol–water partition coefficient (Wildman–Crippen LogP) is 6.71. The molecule has 4 aromatic rings. The van der Waals surface area contributed by atoms with Gasteiger partial charge in [-0.05, 0) is 65.4 Å². The van der Waals surface area contributed by atoms with Crippen LogP contribution in [0.5, 0.6) is 17.2 Å². The minimum atomic E-state index is -1.18. The molecule has 9 heteroatoms. The summed E-state index contributed by atoms with van der Waals surface area (Å²) in [5, 5.41) is 13.8. The number of likely N-dealkylation sites (tertiary alicyclic amines) is 1. The Morgan fingerprint density at radius 3 is 2.26 bits per heavy atom. The van der Waals surface area contributed by atoms with E-state index in [1.54, 1.807) is 0 Å². The van der Waals surface area contributed by atoms with E-state index in [0.717, 1.165) is 45.2 Å². The molecule has 1 aliphatic rings. The van der Waals surface area contributed by atoms with E-state index >= 15 is 0 Å². The highest BCUT2D eigenvalue weighted by molar-refractivity contribution is 6.76. The molecule has 1 amide bonds. The fraction of sp³-hybridized carbons (Fsp3) is 0.378. The lowest BCUT2D eigenvalue weighted by Crippen LogP contribution is -2.51. The molecule has 0 aromatic heterocycles. The lowest BCUT2D eigenvalue weighted by Gasteiger charge is -2.40. The first-order valence-electron chi connectivity index (χ1n) is 16.0. The molecule has 0 N–H and O–H groups in total. The summed E-state index contributed by atoms with van der Waals surface area (Å²) in [5.74, 6) is 2.32. The molecule has 8 nitrogen and oxygen atoms in total. The van der Waals surface area contributed by atoms with E-state index in [1.807, 2.05) is 78.9 Å². The molecule has 0 aliphatic carbocycles. The van der Waals surface area contributed by atoms with Crippen LogP contribution in [0, 0.1) is 0 Å². The van der Waals surface area contributed by atoms with Gasteiger partial charge in [0.05, 0.1) is 12.7 Å². The van der Waals surface area contributed by atoms with Gasteiger partial charge in [0.15, 0.2) is 6.79 Å². The zero-order valence-corrected chi connectivity index (χ0v) is 28.0. The summed E-state index contributed by atoms with van der Waals surface area (Å²) in [6.07, 6.45) is -0.896. The van der Waals surface area contributed by atoms with Crippen LogP contribution in [0.25, 0.3) is 10.8 Å². The van der Waals surface area contributed by atoms with Crippen LogP contribution >= 0.6 is 0 Å². The van der Waals surface area contributed by atoms with Crippen LogP contribution in [0.1, 0.15) is 23.5 Å². The third-order valence-electron chi connectivity index (χ3n) is 8.13. The first-order chi connectivity index (χ1) is 22.2. The van der Waals surface area contributed by atoms with Crippen molar-refractivity contribution in [1.82, 2.24) is 4.90 Å². The summed E-state index contributed by atoms with van der Waals surface area (Å²) in [6.45, 7) is 9.65. The van der Waals surface area contributed by atoms with Gasteiger partial charge >= 0.3 is 0 Å². The molecule has 0 spiro atoms. The number of piperidine rings is 1. The molecule has 2 atom stereocenters. The van der Waals surface area contributed by atoms with Gasteiger partial charge in [-0.2, -0.15) is 0 Å². The zero-order valence-electron chi connectivity index (χ0n) is 27.0.